The second-order valence-corrected chi connectivity index (χ2v) is 4.70. The fourth-order valence-corrected chi connectivity index (χ4v) is 3.47. The SMILES string of the molecule is CSc1csc2cc(O)cc(C)c12. The molecule has 13 heavy (non-hydrogen) atoms. The zero-order valence-electron chi connectivity index (χ0n) is 7.50. The van der Waals surface area contributed by atoms with E-state index in [2.05, 4.69) is 11.6 Å². The van der Waals surface area contributed by atoms with E-state index in [1.54, 1.807) is 23.1 Å². The molecule has 0 saturated heterocycles. The Morgan fingerprint density at radius 3 is 2.85 bits per heavy atom. The van der Waals surface area contributed by atoms with E-state index in [-0.39, 0.29) is 0 Å². The lowest BCUT2D eigenvalue weighted by Gasteiger charge is -2.00. The van der Waals surface area contributed by atoms with Crippen molar-refractivity contribution in [1.82, 2.24) is 0 Å². The first-order chi connectivity index (χ1) is 6.22. The number of thioether (sulfide) groups is 1. The van der Waals surface area contributed by atoms with Crippen LogP contribution in [0.2, 0.25) is 0 Å². The summed E-state index contributed by atoms with van der Waals surface area (Å²) >= 11 is 3.44. The lowest BCUT2D eigenvalue weighted by Crippen LogP contribution is -1.75. The normalized spacial score (nSPS) is 10.9. The maximum Gasteiger partial charge on any atom is 0.117 e. The molecule has 68 valence electrons. The van der Waals surface area contributed by atoms with Crippen molar-refractivity contribution in [2.24, 2.45) is 0 Å². The second kappa shape index (κ2) is 3.24. The minimum Gasteiger partial charge on any atom is -0.508 e. The number of benzene rings is 1. The maximum absolute atomic E-state index is 9.39. The van der Waals surface area contributed by atoms with Gasteiger partial charge in [0.1, 0.15) is 5.75 Å². The van der Waals surface area contributed by atoms with Gasteiger partial charge >= 0.3 is 0 Å². The molecule has 1 aromatic heterocycles. The van der Waals surface area contributed by atoms with Crippen LogP contribution < -0.4 is 0 Å². The van der Waals surface area contributed by atoms with E-state index < -0.39 is 0 Å². The molecule has 0 amide bonds. The van der Waals surface area contributed by atoms with Crippen LogP contribution in [-0.2, 0) is 0 Å². The predicted molar refractivity (Wildman–Crippen MR) is 60.0 cm³/mol. The van der Waals surface area contributed by atoms with E-state index in [0.717, 1.165) is 5.56 Å². The molecule has 0 aliphatic carbocycles. The summed E-state index contributed by atoms with van der Waals surface area (Å²) < 4.78 is 1.17. The zero-order chi connectivity index (χ0) is 9.42. The number of rotatable bonds is 1. The van der Waals surface area contributed by atoms with Crippen molar-refractivity contribution in [2.45, 2.75) is 11.8 Å². The lowest BCUT2D eigenvalue weighted by molar-refractivity contribution is 0.476. The van der Waals surface area contributed by atoms with Gasteiger partial charge in [0, 0.05) is 20.4 Å². The number of aromatic hydroxyl groups is 1. The highest BCUT2D eigenvalue weighted by Gasteiger charge is 2.06. The van der Waals surface area contributed by atoms with Gasteiger partial charge in [-0.1, -0.05) is 0 Å². The largest absolute Gasteiger partial charge is 0.508 e. The Kier molecular flexibility index (Phi) is 2.22. The third kappa shape index (κ3) is 1.42. The molecule has 1 N–H and O–H groups in total. The molecule has 2 aromatic rings. The molecule has 0 saturated carbocycles. The van der Waals surface area contributed by atoms with Gasteiger partial charge < -0.3 is 5.11 Å². The van der Waals surface area contributed by atoms with Crippen LogP contribution in [0.25, 0.3) is 10.1 Å². The summed E-state index contributed by atoms with van der Waals surface area (Å²) in [6.45, 7) is 2.04. The van der Waals surface area contributed by atoms with Gasteiger partial charge in [0.15, 0.2) is 0 Å². The highest BCUT2D eigenvalue weighted by atomic mass is 32.2. The van der Waals surface area contributed by atoms with E-state index in [1.807, 2.05) is 19.1 Å². The van der Waals surface area contributed by atoms with Crippen molar-refractivity contribution >= 4 is 33.2 Å². The second-order valence-electron chi connectivity index (χ2n) is 2.94. The number of hydrogen-bond donors (Lipinski definition) is 1. The molecule has 3 heteroatoms. The van der Waals surface area contributed by atoms with Crippen LogP contribution in [0.4, 0.5) is 0 Å². The molecule has 1 heterocycles. The van der Waals surface area contributed by atoms with Crippen LogP contribution in [-0.4, -0.2) is 11.4 Å². The predicted octanol–water partition coefficient (Wildman–Crippen LogP) is 3.64. The van der Waals surface area contributed by atoms with Crippen LogP contribution >= 0.6 is 23.1 Å². The fourth-order valence-electron chi connectivity index (χ4n) is 1.47. The fraction of sp³-hybridized carbons (Fsp3) is 0.200. The smallest absolute Gasteiger partial charge is 0.117 e. The van der Waals surface area contributed by atoms with Crippen molar-refractivity contribution in [3.05, 3.63) is 23.1 Å². The number of thiophene rings is 1. The molecule has 0 aliphatic rings. The highest BCUT2D eigenvalue weighted by molar-refractivity contribution is 7.99. The van der Waals surface area contributed by atoms with Crippen molar-refractivity contribution in [1.29, 1.82) is 0 Å². The van der Waals surface area contributed by atoms with E-state index in [1.165, 1.54) is 15.0 Å². The van der Waals surface area contributed by atoms with Crippen molar-refractivity contribution < 1.29 is 5.11 Å². The molecule has 0 bridgehead atoms. The summed E-state index contributed by atoms with van der Waals surface area (Å²) in [6, 6.07) is 3.64. The monoisotopic (exact) mass is 210 g/mol. The molecule has 1 nitrogen and oxygen atoms in total. The van der Waals surface area contributed by atoms with E-state index >= 15 is 0 Å². The molecule has 0 aliphatic heterocycles. The van der Waals surface area contributed by atoms with Gasteiger partial charge in [0.2, 0.25) is 0 Å². The van der Waals surface area contributed by atoms with Gasteiger partial charge in [-0.2, -0.15) is 0 Å². The Balaban J connectivity index is 2.82. The summed E-state index contributed by atoms with van der Waals surface area (Å²) in [4.78, 5) is 1.30. The Labute approximate surface area is 85.4 Å². The van der Waals surface area contributed by atoms with Gasteiger partial charge in [0.05, 0.1) is 0 Å². The molecule has 1 aromatic carbocycles. The number of aryl methyl sites for hydroxylation is 1. The zero-order valence-corrected chi connectivity index (χ0v) is 9.13. The average molecular weight is 210 g/mol. The van der Waals surface area contributed by atoms with Gasteiger partial charge in [0.25, 0.3) is 0 Å². The Morgan fingerprint density at radius 1 is 1.38 bits per heavy atom. The van der Waals surface area contributed by atoms with Crippen LogP contribution in [0.3, 0.4) is 0 Å². The summed E-state index contributed by atoms with van der Waals surface area (Å²) in [7, 11) is 0. The summed E-state index contributed by atoms with van der Waals surface area (Å²) in [5, 5.41) is 12.8. The molecule has 0 spiro atoms. The molecule has 0 unspecified atom stereocenters. The standard InChI is InChI=1S/C10H10OS2/c1-6-3-7(11)4-8-10(6)9(12-2)5-13-8/h3-5,11H,1-2H3. The van der Waals surface area contributed by atoms with Crippen LogP contribution in [0.1, 0.15) is 5.56 Å². The van der Waals surface area contributed by atoms with Crippen molar-refractivity contribution in [3.63, 3.8) is 0 Å². The Hall–Kier alpha value is -0.670. The molecule has 0 radical (unpaired) electrons. The molecular weight excluding hydrogens is 200 g/mol. The molecule has 0 atom stereocenters. The maximum atomic E-state index is 9.39. The summed E-state index contributed by atoms with van der Waals surface area (Å²) in [5.74, 6) is 0.361. The Morgan fingerprint density at radius 2 is 2.15 bits per heavy atom. The van der Waals surface area contributed by atoms with Crippen LogP contribution in [0.15, 0.2) is 22.4 Å². The summed E-state index contributed by atoms with van der Waals surface area (Å²) in [6.07, 6.45) is 2.08. The van der Waals surface area contributed by atoms with E-state index in [0.29, 0.717) is 5.75 Å². The Bertz CT molecular complexity index is 445. The highest BCUT2D eigenvalue weighted by Crippen LogP contribution is 2.36. The minimum atomic E-state index is 0.361. The third-order valence-electron chi connectivity index (χ3n) is 2.04. The third-order valence-corrected chi connectivity index (χ3v) is 3.88. The van der Waals surface area contributed by atoms with Crippen LogP contribution in [0, 0.1) is 6.92 Å². The molecule has 0 fully saturated rings. The number of fused-ring (bicyclic) bond motifs is 1. The number of phenolic OH excluding ortho intramolecular Hbond substituents is 1. The average Bonchev–Trinajstić information content (AvgIpc) is 2.47. The molecule has 2 rings (SSSR count). The first kappa shape index (κ1) is 8.91. The first-order valence-corrected chi connectivity index (χ1v) is 6.07. The van der Waals surface area contributed by atoms with Gasteiger partial charge in [-0.05, 0) is 30.9 Å². The van der Waals surface area contributed by atoms with Crippen LogP contribution in [0.5, 0.6) is 5.75 Å². The van der Waals surface area contributed by atoms with Gasteiger partial charge in [-0.25, -0.2) is 0 Å². The lowest BCUT2D eigenvalue weighted by atomic mass is 10.1. The summed E-state index contributed by atoms with van der Waals surface area (Å²) in [5.41, 5.74) is 1.15. The van der Waals surface area contributed by atoms with Crippen molar-refractivity contribution in [3.8, 4) is 5.75 Å². The van der Waals surface area contributed by atoms with Gasteiger partial charge in [-0.3, -0.25) is 0 Å². The van der Waals surface area contributed by atoms with E-state index in [9.17, 15) is 5.11 Å². The molecular formula is C10H10OS2. The number of hydrogen-bond acceptors (Lipinski definition) is 3. The number of phenols is 1. The first-order valence-electron chi connectivity index (χ1n) is 3.97. The van der Waals surface area contributed by atoms with Crippen molar-refractivity contribution in [2.75, 3.05) is 6.26 Å². The minimum absolute atomic E-state index is 0.361. The van der Waals surface area contributed by atoms with E-state index in [4.69, 9.17) is 0 Å². The topological polar surface area (TPSA) is 20.2 Å². The quantitative estimate of drug-likeness (QED) is 0.725. The van der Waals surface area contributed by atoms with Gasteiger partial charge in [-0.15, -0.1) is 23.1 Å².